The summed E-state index contributed by atoms with van der Waals surface area (Å²) in [6.45, 7) is 14.8. The van der Waals surface area contributed by atoms with Gasteiger partial charge in [-0.2, -0.15) is 0 Å². The van der Waals surface area contributed by atoms with Gasteiger partial charge in [-0.15, -0.1) is 0 Å². The van der Waals surface area contributed by atoms with Crippen LogP contribution in [-0.4, -0.2) is 0 Å². The molecule has 7 aromatic carbocycles. The topological polar surface area (TPSA) is 3.24 Å². The number of anilines is 3. The quantitative estimate of drug-likeness (QED) is 0.168. The van der Waals surface area contributed by atoms with E-state index in [2.05, 4.69) is 198 Å². The molecule has 0 unspecified atom stereocenters. The van der Waals surface area contributed by atoms with E-state index in [4.69, 9.17) is 0 Å². The minimum absolute atomic E-state index is 0.0475. The SMILES string of the molecule is CC1(C)CCC(C)(C)c2cc3c(cc21)-c1cccc(N(c2cccc(-c4ccccc4)c2)c2ccccc2-c2cccc4c2C(C)(C)c2ccccc2-4)c1C31CCCCC1. The highest BCUT2D eigenvalue weighted by Gasteiger charge is 2.49. The van der Waals surface area contributed by atoms with Crippen molar-refractivity contribution in [3.63, 3.8) is 0 Å². The van der Waals surface area contributed by atoms with Crippen molar-refractivity contribution in [3.8, 4) is 44.5 Å². The highest BCUT2D eigenvalue weighted by Crippen LogP contribution is 2.63. The van der Waals surface area contributed by atoms with Gasteiger partial charge in [0.15, 0.2) is 0 Å². The lowest BCUT2D eigenvalue weighted by Gasteiger charge is -2.44. The standard InChI is InChI=1S/C59H57N/c1-56(2)34-35-57(3,4)51-38-49-47(37-50(51)56)46-28-19-31-53(55(46)59(49)32-15-8-16-33-59)60(41-23-17-22-40(36-41)39-20-9-7-10-21-39)52-30-14-12-25-43(52)45-27-18-26-44-42-24-11-13-29-48(42)58(5,6)54(44)45/h7,9-14,17-31,36-38H,8,15-16,32-35H2,1-6H3. The second kappa shape index (κ2) is 13.4. The Morgan fingerprint density at radius 3 is 1.67 bits per heavy atom. The van der Waals surface area contributed by atoms with Crippen LogP contribution in [0.2, 0.25) is 0 Å². The lowest BCUT2D eigenvalue weighted by molar-refractivity contribution is 0.327. The molecule has 298 valence electrons. The summed E-state index contributed by atoms with van der Waals surface area (Å²) in [6.07, 6.45) is 8.63. The van der Waals surface area contributed by atoms with E-state index < -0.39 is 0 Å². The first-order valence-corrected chi connectivity index (χ1v) is 22.6. The van der Waals surface area contributed by atoms with Gasteiger partial charge in [0.25, 0.3) is 0 Å². The van der Waals surface area contributed by atoms with E-state index in [1.54, 1.807) is 16.7 Å². The van der Waals surface area contributed by atoms with Gasteiger partial charge in [-0.3, -0.25) is 0 Å². The Kier molecular flexibility index (Phi) is 8.35. The van der Waals surface area contributed by atoms with Crippen LogP contribution in [0.3, 0.4) is 0 Å². The molecule has 1 fully saturated rings. The van der Waals surface area contributed by atoms with Crippen LogP contribution in [0.4, 0.5) is 17.1 Å². The lowest BCUT2D eigenvalue weighted by atomic mass is 9.61. The van der Waals surface area contributed by atoms with Gasteiger partial charge in [-0.25, -0.2) is 0 Å². The maximum absolute atomic E-state index is 2.72. The van der Waals surface area contributed by atoms with E-state index in [0.29, 0.717) is 0 Å². The third-order valence-corrected chi connectivity index (χ3v) is 15.5. The molecule has 0 heterocycles. The summed E-state index contributed by atoms with van der Waals surface area (Å²) in [5, 5.41) is 0. The molecule has 0 radical (unpaired) electrons. The molecule has 0 aliphatic heterocycles. The van der Waals surface area contributed by atoms with E-state index in [-0.39, 0.29) is 21.7 Å². The van der Waals surface area contributed by atoms with E-state index in [1.807, 2.05) is 0 Å². The Bertz CT molecular complexity index is 2830. The zero-order chi connectivity index (χ0) is 41.0. The van der Waals surface area contributed by atoms with Gasteiger partial charge in [-0.1, -0.05) is 182 Å². The predicted molar refractivity (Wildman–Crippen MR) is 254 cm³/mol. The second-order valence-electron chi connectivity index (χ2n) is 20.2. The van der Waals surface area contributed by atoms with E-state index in [1.165, 1.54) is 123 Å². The summed E-state index contributed by atoms with van der Waals surface area (Å²) in [5.74, 6) is 0. The van der Waals surface area contributed by atoms with Crippen LogP contribution in [0.15, 0.2) is 152 Å². The summed E-state index contributed by atoms with van der Waals surface area (Å²) in [5.41, 5.74) is 23.6. The van der Waals surface area contributed by atoms with E-state index in [0.717, 1.165) is 0 Å². The van der Waals surface area contributed by atoms with Crippen molar-refractivity contribution in [1.82, 2.24) is 0 Å². The molecule has 60 heavy (non-hydrogen) atoms. The molecule has 0 amide bonds. The molecule has 0 aromatic heterocycles. The van der Waals surface area contributed by atoms with Crippen LogP contribution >= 0.6 is 0 Å². The monoisotopic (exact) mass is 779 g/mol. The first-order chi connectivity index (χ1) is 29.0. The molecule has 11 rings (SSSR count). The molecule has 7 aromatic rings. The second-order valence-corrected chi connectivity index (χ2v) is 20.2. The molecular formula is C59H57N. The molecule has 1 heteroatoms. The molecule has 0 atom stereocenters. The number of hydrogen-bond donors (Lipinski definition) is 0. The van der Waals surface area contributed by atoms with Crippen molar-refractivity contribution in [2.75, 3.05) is 4.90 Å². The highest BCUT2D eigenvalue weighted by molar-refractivity contribution is 5.98. The van der Waals surface area contributed by atoms with Crippen LogP contribution < -0.4 is 4.90 Å². The van der Waals surface area contributed by atoms with Crippen LogP contribution in [0.1, 0.15) is 120 Å². The highest BCUT2D eigenvalue weighted by atomic mass is 15.1. The Labute approximate surface area is 358 Å². The summed E-state index contributed by atoms with van der Waals surface area (Å²) >= 11 is 0. The first-order valence-electron chi connectivity index (χ1n) is 22.6. The van der Waals surface area contributed by atoms with Gasteiger partial charge in [0, 0.05) is 22.1 Å². The van der Waals surface area contributed by atoms with Crippen molar-refractivity contribution in [2.24, 2.45) is 0 Å². The van der Waals surface area contributed by atoms with E-state index in [9.17, 15) is 0 Å². The zero-order valence-electron chi connectivity index (χ0n) is 36.3. The van der Waals surface area contributed by atoms with Crippen LogP contribution in [0.25, 0.3) is 44.5 Å². The Hall–Kier alpha value is -5.66. The Morgan fingerprint density at radius 1 is 0.367 bits per heavy atom. The van der Waals surface area contributed by atoms with Gasteiger partial charge < -0.3 is 4.90 Å². The average molecular weight is 780 g/mol. The van der Waals surface area contributed by atoms with Crippen molar-refractivity contribution < 1.29 is 0 Å². The maximum atomic E-state index is 2.72. The fourth-order valence-corrected chi connectivity index (χ4v) is 12.3. The Morgan fingerprint density at radius 2 is 0.917 bits per heavy atom. The van der Waals surface area contributed by atoms with Crippen LogP contribution in [-0.2, 0) is 21.7 Å². The summed E-state index contributed by atoms with van der Waals surface area (Å²) < 4.78 is 0. The van der Waals surface area contributed by atoms with Crippen molar-refractivity contribution in [1.29, 1.82) is 0 Å². The Balaban J connectivity index is 1.19. The van der Waals surface area contributed by atoms with Gasteiger partial charge in [-0.05, 0) is 139 Å². The predicted octanol–water partition coefficient (Wildman–Crippen LogP) is 16.4. The molecule has 0 bridgehead atoms. The fraction of sp³-hybridized carbons (Fsp3) is 0.288. The van der Waals surface area contributed by atoms with Gasteiger partial charge in [0.2, 0.25) is 0 Å². The maximum Gasteiger partial charge on any atom is 0.0540 e. The fourth-order valence-electron chi connectivity index (χ4n) is 12.3. The smallest absolute Gasteiger partial charge is 0.0540 e. The molecule has 4 aliphatic rings. The molecule has 1 nitrogen and oxygen atoms in total. The summed E-state index contributed by atoms with van der Waals surface area (Å²) in [6, 6.07) is 58.2. The van der Waals surface area contributed by atoms with Crippen molar-refractivity contribution in [2.45, 2.75) is 108 Å². The number of nitrogens with zero attached hydrogens (tertiary/aromatic N) is 1. The summed E-state index contributed by atoms with van der Waals surface area (Å²) in [4.78, 5) is 2.66. The molecule has 1 saturated carbocycles. The molecule has 4 aliphatic carbocycles. The van der Waals surface area contributed by atoms with Crippen molar-refractivity contribution in [3.05, 3.63) is 185 Å². The first kappa shape index (κ1) is 37.3. The van der Waals surface area contributed by atoms with E-state index >= 15 is 0 Å². The van der Waals surface area contributed by atoms with Gasteiger partial charge in [0.05, 0.1) is 11.4 Å². The summed E-state index contributed by atoms with van der Waals surface area (Å²) in [7, 11) is 0. The van der Waals surface area contributed by atoms with Gasteiger partial charge >= 0.3 is 0 Å². The normalized spacial score (nSPS) is 18.2. The number of hydrogen-bond acceptors (Lipinski definition) is 1. The van der Waals surface area contributed by atoms with Crippen molar-refractivity contribution >= 4 is 17.1 Å². The lowest BCUT2D eigenvalue weighted by Crippen LogP contribution is -2.35. The minimum Gasteiger partial charge on any atom is -0.310 e. The largest absolute Gasteiger partial charge is 0.310 e. The minimum atomic E-state index is -0.143. The van der Waals surface area contributed by atoms with Crippen LogP contribution in [0, 0.1) is 0 Å². The van der Waals surface area contributed by atoms with Gasteiger partial charge in [0.1, 0.15) is 0 Å². The third kappa shape index (κ3) is 5.43. The third-order valence-electron chi connectivity index (χ3n) is 15.5. The number of fused-ring (bicyclic) bond motifs is 9. The molecular weight excluding hydrogens is 723 g/mol. The molecule has 1 spiro atoms. The average Bonchev–Trinajstić information content (AvgIpc) is 3.67. The molecule has 0 N–H and O–H groups in total. The number of benzene rings is 7. The number of rotatable bonds is 5. The van der Waals surface area contributed by atoms with Crippen LogP contribution in [0.5, 0.6) is 0 Å². The molecule has 0 saturated heterocycles. The number of para-hydroxylation sites is 1. The zero-order valence-corrected chi connectivity index (χ0v) is 36.3.